The van der Waals surface area contributed by atoms with Gasteiger partial charge < -0.3 is 14.4 Å². The van der Waals surface area contributed by atoms with Crippen molar-refractivity contribution in [3.8, 4) is 0 Å². The molecule has 0 aliphatic rings. The molecule has 0 heterocycles. The van der Waals surface area contributed by atoms with Crippen molar-refractivity contribution in [1.29, 1.82) is 0 Å². The van der Waals surface area contributed by atoms with E-state index in [9.17, 15) is 28.8 Å². The first kappa shape index (κ1) is 28.2. The molecule has 0 rings (SSSR count). The molecule has 0 aromatic heterocycles. The number of ketones is 5. The molecule has 0 saturated heterocycles. The average Bonchev–Trinajstić information content (AvgIpc) is 2.27. The lowest BCUT2D eigenvalue weighted by Crippen LogP contribution is -1.97. The van der Waals surface area contributed by atoms with Gasteiger partial charge in [0, 0.05) is 6.42 Å². The molecule has 0 radical (unpaired) electrons. The van der Waals surface area contributed by atoms with Crippen molar-refractivity contribution in [2.24, 2.45) is 0 Å². The van der Waals surface area contributed by atoms with Crippen LogP contribution in [0.15, 0.2) is 0 Å². The summed E-state index contributed by atoms with van der Waals surface area (Å²) in [6.07, 6.45) is 1.41. The lowest BCUT2D eigenvalue weighted by atomic mass is 10.2. The molecular weight excluding hydrogens is 288 g/mol. The van der Waals surface area contributed by atoms with E-state index in [1.54, 1.807) is 6.92 Å². The maximum absolute atomic E-state index is 10.0. The van der Waals surface area contributed by atoms with Crippen LogP contribution in [0, 0.1) is 0 Å². The van der Waals surface area contributed by atoms with E-state index in [0.29, 0.717) is 12.7 Å². The second-order valence-electron chi connectivity index (χ2n) is 4.62. The minimum absolute atomic E-state index is 0.0556. The number of hydrogen-bond donors (Lipinski definition) is 0. The third-order valence-electron chi connectivity index (χ3n) is 1.37. The highest BCUT2D eigenvalue weighted by atomic mass is 16.2. The second-order valence-corrected chi connectivity index (χ2v) is 4.62. The highest BCUT2D eigenvalue weighted by Gasteiger charge is 1.94. The molecule has 6 heteroatoms. The van der Waals surface area contributed by atoms with Crippen LogP contribution in [0.4, 0.5) is 0 Å². The van der Waals surface area contributed by atoms with Crippen LogP contribution >= 0.6 is 0 Å². The highest BCUT2D eigenvalue weighted by Crippen LogP contribution is 1.80. The van der Waals surface area contributed by atoms with Gasteiger partial charge in [0.1, 0.15) is 35.2 Å². The predicted molar refractivity (Wildman–Crippen MR) is 84.7 cm³/mol. The van der Waals surface area contributed by atoms with Gasteiger partial charge in [0.2, 0.25) is 0 Å². The van der Waals surface area contributed by atoms with Crippen LogP contribution in [0.2, 0.25) is 0 Å². The fourth-order valence-electron chi connectivity index (χ4n) is 0.468. The van der Waals surface area contributed by atoms with Crippen LogP contribution in [-0.2, 0) is 28.8 Å². The molecule has 0 unspecified atom stereocenters. The Morgan fingerprint density at radius 3 is 0.955 bits per heavy atom. The fraction of sp³-hybridized carbons (Fsp3) is 0.625. The maximum atomic E-state index is 10.0. The van der Waals surface area contributed by atoms with Crippen molar-refractivity contribution >= 4 is 35.2 Å². The van der Waals surface area contributed by atoms with Crippen molar-refractivity contribution in [1.82, 2.24) is 0 Å². The molecule has 0 aromatic rings. The van der Waals surface area contributed by atoms with E-state index in [1.807, 2.05) is 6.92 Å². The van der Waals surface area contributed by atoms with Gasteiger partial charge in [-0.15, -0.1) is 0 Å². The normalized spacial score (nSPS) is 7.59. The summed E-state index contributed by atoms with van der Waals surface area (Å²) in [4.78, 5) is 58.5. The van der Waals surface area contributed by atoms with Crippen LogP contribution in [0.25, 0.3) is 0 Å². The molecule has 0 amide bonds. The summed E-state index contributed by atoms with van der Waals surface area (Å²) in [5.74, 6) is 0.218. The predicted octanol–water partition coefficient (Wildman–Crippen LogP) is 2.30. The van der Waals surface area contributed by atoms with Crippen molar-refractivity contribution in [2.45, 2.75) is 67.7 Å². The molecule has 22 heavy (non-hydrogen) atoms. The third-order valence-corrected chi connectivity index (χ3v) is 1.37. The van der Waals surface area contributed by atoms with Gasteiger partial charge in [0.25, 0.3) is 0 Å². The van der Waals surface area contributed by atoms with E-state index in [0.717, 1.165) is 0 Å². The van der Waals surface area contributed by atoms with Gasteiger partial charge in [0.05, 0.1) is 12.8 Å². The summed E-state index contributed by atoms with van der Waals surface area (Å²) < 4.78 is 0. The van der Waals surface area contributed by atoms with Crippen LogP contribution in [0.5, 0.6) is 0 Å². The molecular formula is C16H28O6. The number of aldehydes is 1. The summed E-state index contributed by atoms with van der Waals surface area (Å²) in [6, 6.07) is 0. The molecule has 0 aliphatic heterocycles. The number of carbonyl (C=O) groups excluding carboxylic acids is 6. The Morgan fingerprint density at radius 2 is 0.955 bits per heavy atom. The third kappa shape index (κ3) is 106. The molecule has 0 aromatic carbocycles. The zero-order valence-electron chi connectivity index (χ0n) is 14.6. The van der Waals surface area contributed by atoms with E-state index in [2.05, 4.69) is 0 Å². The van der Waals surface area contributed by atoms with E-state index in [4.69, 9.17) is 0 Å². The topological polar surface area (TPSA) is 102 Å². The number of hydrogen-bond acceptors (Lipinski definition) is 6. The Labute approximate surface area is 132 Å². The van der Waals surface area contributed by atoms with Gasteiger partial charge in [0.15, 0.2) is 0 Å². The summed E-state index contributed by atoms with van der Waals surface area (Å²) in [7, 11) is 0. The number of Topliss-reactive ketones (excluding diaryl/α,β-unsaturated/α-hetero) is 5. The molecule has 0 aliphatic carbocycles. The Hall–Kier alpha value is -1.98. The first-order valence-corrected chi connectivity index (χ1v) is 6.79. The SMILES string of the molecule is CC(=O)CC(C)=O.CC(=O)CC=O.CC(C)=O.CCC(C)=O. The van der Waals surface area contributed by atoms with Crippen LogP contribution in [0.1, 0.15) is 67.7 Å². The van der Waals surface area contributed by atoms with Gasteiger partial charge >= 0.3 is 0 Å². The molecule has 0 bridgehead atoms. The molecule has 0 N–H and O–H groups in total. The van der Waals surface area contributed by atoms with E-state index in [1.165, 1.54) is 34.6 Å². The van der Waals surface area contributed by atoms with E-state index >= 15 is 0 Å². The average molecular weight is 316 g/mol. The largest absolute Gasteiger partial charge is 0.303 e. The van der Waals surface area contributed by atoms with Gasteiger partial charge in [-0.05, 0) is 41.5 Å². The summed E-state index contributed by atoms with van der Waals surface area (Å²) in [6.45, 7) is 10.7. The first-order valence-electron chi connectivity index (χ1n) is 6.79. The van der Waals surface area contributed by atoms with E-state index in [-0.39, 0.29) is 41.8 Å². The lowest BCUT2D eigenvalue weighted by molar-refractivity contribution is -0.125. The molecule has 0 saturated carbocycles. The second kappa shape index (κ2) is 21.3. The Kier molecular flexibility index (Phi) is 27.3. The van der Waals surface area contributed by atoms with Crippen LogP contribution < -0.4 is 0 Å². The Morgan fingerprint density at radius 1 is 0.682 bits per heavy atom. The van der Waals surface area contributed by atoms with Gasteiger partial charge in [-0.2, -0.15) is 0 Å². The van der Waals surface area contributed by atoms with Crippen LogP contribution in [-0.4, -0.2) is 35.2 Å². The molecule has 128 valence electrons. The Bertz CT molecular complexity index is 353. The minimum atomic E-state index is -0.0787. The summed E-state index contributed by atoms with van der Waals surface area (Å²) >= 11 is 0. The zero-order chi connectivity index (χ0) is 18.7. The molecule has 0 atom stereocenters. The zero-order valence-corrected chi connectivity index (χ0v) is 14.6. The molecule has 6 nitrogen and oxygen atoms in total. The van der Waals surface area contributed by atoms with Gasteiger partial charge in [-0.25, -0.2) is 0 Å². The van der Waals surface area contributed by atoms with Crippen molar-refractivity contribution in [3.63, 3.8) is 0 Å². The maximum Gasteiger partial charge on any atom is 0.137 e. The lowest BCUT2D eigenvalue weighted by Gasteiger charge is -1.81. The minimum Gasteiger partial charge on any atom is -0.303 e. The van der Waals surface area contributed by atoms with E-state index < -0.39 is 0 Å². The summed E-state index contributed by atoms with van der Waals surface area (Å²) in [5, 5.41) is 0. The first-order chi connectivity index (χ1) is 9.90. The monoisotopic (exact) mass is 316 g/mol. The van der Waals surface area contributed by atoms with Gasteiger partial charge in [-0.1, -0.05) is 6.92 Å². The van der Waals surface area contributed by atoms with Crippen molar-refractivity contribution < 1.29 is 28.8 Å². The smallest absolute Gasteiger partial charge is 0.137 e. The van der Waals surface area contributed by atoms with Crippen molar-refractivity contribution in [3.05, 3.63) is 0 Å². The van der Waals surface area contributed by atoms with Crippen molar-refractivity contribution in [2.75, 3.05) is 0 Å². The highest BCUT2D eigenvalue weighted by molar-refractivity contribution is 5.96. The molecule has 0 spiro atoms. The Balaban J connectivity index is -0.000000100. The fourth-order valence-corrected chi connectivity index (χ4v) is 0.468. The standard InChI is InChI=1S/C5H8O2.C4H6O2.C4H8O.C3H6O/c1-4(6)3-5(2)7;1-4(6)2-3-5;1-3-4(2)5;1-3(2)4/h3H2,1-2H3;3H,2H2,1H3;3H2,1-2H3;1-2H3. The summed E-state index contributed by atoms with van der Waals surface area (Å²) in [5.41, 5.74) is 0. The molecule has 0 fully saturated rings. The quantitative estimate of drug-likeness (QED) is 0.569. The number of carbonyl (C=O) groups is 6. The number of rotatable bonds is 5. The van der Waals surface area contributed by atoms with Gasteiger partial charge in [-0.3, -0.25) is 14.4 Å². The van der Waals surface area contributed by atoms with Crippen LogP contribution in [0.3, 0.4) is 0 Å².